The minimum absolute atomic E-state index is 0.150. The van der Waals surface area contributed by atoms with Crippen LogP contribution in [-0.2, 0) is 19.9 Å². The van der Waals surface area contributed by atoms with Crippen LogP contribution < -0.4 is 11.1 Å². The third-order valence-electron chi connectivity index (χ3n) is 4.57. The summed E-state index contributed by atoms with van der Waals surface area (Å²) in [7, 11) is 1.46. The number of thiophene rings is 1. The fourth-order valence-corrected chi connectivity index (χ4v) is 4.79. The van der Waals surface area contributed by atoms with Crippen LogP contribution in [0.15, 0.2) is 0 Å². The molecule has 1 unspecified atom stereocenters. The zero-order chi connectivity index (χ0) is 19.2. The van der Waals surface area contributed by atoms with Crippen molar-refractivity contribution in [2.75, 3.05) is 5.32 Å². The summed E-state index contributed by atoms with van der Waals surface area (Å²) in [6.45, 7) is 3.60. The van der Waals surface area contributed by atoms with E-state index in [0.717, 1.165) is 29.7 Å². The monoisotopic (exact) mass is 377 g/mol. The third-order valence-corrected chi connectivity index (χ3v) is 5.74. The number of amides is 2. The van der Waals surface area contributed by atoms with Crippen LogP contribution in [0.5, 0.6) is 0 Å². The molecule has 1 aliphatic carbocycles. The maximum atomic E-state index is 12.7. The summed E-state index contributed by atoms with van der Waals surface area (Å²) in [5, 5.41) is 18.2. The molecule has 0 saturated heterocycles. The number of fused-ring (bicyclic) bond motifs is 1. The molecule has 0 bridgehead atoms. The van der Waals surface area contributed by atoms with Gasteiger partial charge in [0, 0.05) is 11.9 Å². The van der Waals surface area contributed by atoms with Gasteiger partial charge in [-0.3, -0.25) is 24.4 Å². The van der Waals surface area contributed by atoms with Gasteiger partial charge >= 0.3 is 5.69 Å². The molecule has 0 fully saturated rings. The van der Waals surface area contributed by atoms with Gasteiger partial charge in [0.15, 0.2) is 0 Å². The van der Waals surface area contributed by atoms with Crippen LogP contribution in [0.1, 0.15) is 50.3 Å². The van der Waals surface area contributed by atoms with Crippen molar-refractivity contribution in [3.05, 3.63) is 37.5 Å². The van der Waals surface area contributed by atoms with Gasteiger partial charge in [-0.25, -0.2) is 0 Å². The van der Waals surface area contributed by atoms with Gasteiger partial charge in [0.25, 0.3) is 11.8 Å². The molecule has 0 aliphatic heterocycles. The van der Waals surface area contributed by atoms with Crippen LogP contribution in [0, 0.1) is 23.0 Å². The SMILES string of the molecule is Cc1nn(C)c(C(=O)Nc2sc3c(c2C(N)=O)CCC(C)C3)c1[N+](=O)[O-]. The molecule has 9 nitrogen and oxygen atoms in total. The Balaban J connectivity index is 2.01. The number of hydrogen-bond donors (Lipinski definition) is 2. The number of primary amides is 1. The number of hydrogen-bond acceptors (Lipinski definition) is 6. The number of nitrogens with zero attached hydrogens (tertiary/aromatic N) is 3. The predicted octanol–water partition coefficient (Wildman–Crippen LogP) is 2.17. The highest BCUT2D eigenvalue weighted by atomic mass is 32.1. The topological polar surface area (TPSA) is 133 Å². The minimum atomic E-state index is -0.686. The van der Waals surface area contributed by atoms with Gasteiger partial charge in [0.1, 0.15) is 10.7 Å². The molecule has 10 heteroatoms. The van der Waals surface area contributed by atoms with Crippen LogP contribution in [0.2, 0.25) is 0 Å². The third kappa shape index (κ3) is 2.96. The quantitative estimate of drug-likeness (QED) is 0.622. The first-order valence-corrected chi connectivity index (χ1v) is 8.96. The second-order valence-electron chi connectivity index (χ2n) is 6.54. The number of nitrogens with two attached hydrogens (primary N) is 1. The Bertz CT molecular complexity index is 930. The van der Waals surface area contributed by atoms with Gasteiger partial charge < -0.3 is 11.1 Å². The van der Waals surface area contributed by atoms with Crippen LogP contribution in [0.3, 0.4) is 0 Å². The van der Waals surface area contributed by atoms with E-state index in [0.29, 0.717) is 16.5 Å². The largest absolute Gasteiger partial charge is 0.365 e. The molecular weight excluding hydrogens is 358 g/mol. The highest BCUT2D eigenvalue weighted by Crippen LogP contribution is 2.39. The molecule has 0 aromatic carbocycles. The molecule has 1 atom stereocenters. The van der Waals surface area contributed by atoms with Gasteiger partial charge in [0.2, 0.25) is 5.69 Å². The molecule has 1 aliphatic rings. The lowest BCUT2D eigenvalue weighted by Crippen LogP contribution is -2.21. The Hall–Kier alpha value is -2.75. The maximum Gasteiger partial charge on any atom is 0.322 e. The molecule has 3 N–H and O–H groups in total. The lowest BCUT2D eigenvalue weighted by molar-refractivity contribution is -0.385. The second-order valence-corrected chi connectivity index (χ2v) is 7.64. The van der Waals surface area contributed by atoms with E-state index in [4.69, 9.17) is 5.73 Å². The summed E-state index contributed by atoms with van der Waals surface area (Å²) >= 11 is 1.31. The van der Waals surface area contributed by atoms with Gasteiger partial charge in [-0.1, -0.05) is 6.92 Å². The number of anilines is 1. The summed E-state index contributed by atoms with van der Waals surface area (Å²) in [6.07, 6.45) is 2.50. The van der Waals surface area contributed by atoms with E-state index in [-0.39, 0.29) is 17.1 Å². The molecule has 2 aromatic rings. The summed E-state index contributed by atoms with van der Waals surface area (Å²) in [5.41, 5.74) is 6.37. The summed E-state index contributed by atoms with van der Waals surface area (Å²) in [4.78, 5) is 36.3. The molecule has 0 spiro atoms. The number of carbonyl (C=O) groups is 2. The number of carbonyl (C=O) groups excluding carboxylic acids is 2. The van der Waals surface area contributed by atoms with Gasteiger partial charge in [-0.15, -0.1) is 11.3 Å². The second kappa shape index (κ2) is 6.52. The highest BCUT2D eigenvalue weighted by molar-refractivity contribution is 7.17. The van der Waals surface area contributed by atoms with Gasteiger partial charge in [0.05, 0.1) is 10.5 Å². The zero-order valence-electron chi connectivity index (χ0n) is 14.7. The van der Waals surface area contributed by atoms with Crippen LogP contribution in [0.25, 0.3) is 0 Å². The Morgan fingerprint density at radius 3 is 2.77 bits per heavy atom. The standard InChI is InChI=1S/C16H19N5O4S/c1-7-4-5-9-10(6-7)26-16(11(9)14(17)22)18-15(23)13-12(21(24)25)8(2)19-20(13)3/h7H,4-6H2,1-3H3,(H2,17,22)(H,18,23). The molecule has 138 valence electrons. The number of aryl methyl sites for hydroxylation is 2. The van der Waals surface area contributed by atoms with Crippen molar-refractivity contribution < 1.29 is 14.5 Å². The first kappa shape index (κ1) is 18.1. The number of rotatable bonds is 4. The van der Waals surface area contributed by atoms with E-state index >= 15 is 0 Å². The van der Waals surface area contributed by atoms with Crippen molar-refractivity contribution >= 4 is 33.8 Å². The van der Waals surface area contributed by atoms with Crippen molar-refractivity contribution in [1.82, 2.24) is 9.78 Å². The smallest absolute Gasteiger partial charge is 0.322 e. The van der Waals surface area contributed by atoms with Crippen molar-refractivity contribution in [3.8, 4) is 0 Å². The van der Waals surface area contributed by atoms with Crippen molar-refractivity contribution in [1.29, 1.82) is 0 Å². The average molecular weight is 377 g/mol. The van der Waals surface area contributed by atoms with Crippen LogP contribution in [0.4, 0.5) is 10.7 Å². The van der Waals surface area contributed by atoms with Crippen LogP contribution >= 0.6 is 11.3 Å². The zero-order valence-corrected chi connectivity index (χ0v) is 15.5. The van der Waals surface area contributed by atoms with E-state index < -0.39 is 16.7 Å². The normalized spacial score (nSPS) is 16.2. The highest BCUT2D eigenvalue weighted by Gasteiger charge is 2.32. The van der Waals surface area contributed by atoms with Gasteiger partial charge in [-0.05, 0) is 37.7 Å². The Labute approximate surface area is 153 Å². The van der Waals surface area contributed by atoms with E-state index in [1.807, 2.05) is 0 Å². The fourth-order valence-electron chi connectivity index (χ4n) is 3.38. The molecule has 3 rings (SSSR count). The van der Waals surface area contributed by atoms with E-state index in [2.05, 4.69) is 17.3 Å². The van der Waals surface area contributed by atoms with Crippen molar-refractivity contribution in [3.63, 3.8) is 0 Å². The lowest BCUT2D eigenvalue weighted by atomic mass is 9.88. The molecular formula is C16H19N5O4S. The van der Waals surface area contributed by atoms with E-state index in [1.54, 1.807) is 0 Å². The van der Waals surface area contributed by atoms with Crippen molar-refractivity contribution in [2.45, 2.75) is 33.1 Å². The Kier molecular flexibility index (Phi) is 4.53. The number of nitrogens with one attached hydrogen (secondary N) is 1. The molecule has 0 saturated carbocycles. The number of aromatic nitrogens is 2. The van der Waals surface area contributed by atoms with E-state index in [9.17, 15) is 19.7 Å². The van der Waals surface area contributed by atoms with Crippen molar-refractivity contribution in [2.24, 2.45) is 18.7 Å². The first-order chi connectivity index (χ1) is 12.2. The minimum Gasteiger partial charge on any atom is -0.365 e. The van der Waals surface area contributed by atoms with E-state index in [1.165, 1.54) is 30.0 Å². The molecule has 2 heterocycles. The molecule has 26 heavy (non-hydrogen) atoms. The maximum absolute atomic E-state index is 12.7. The fraction of sp³-hybridized carbons (Fsp3) is 0.438. The summed E-state index contributed by atoms with van der Waals surface area (Å²) in [5.74, 6) is -0.803. The summed E-state index contributed by atoms with van der Waals surface area (Å²) < 4.78 is 1.17. The lowest BCUT2D eigenvalue weighted by Gasteiger charge is -2.18. The average Bonchev–Trinajstić information content (AvgIpc) is 3.02. The molecule has 2 amide bonds. The Morgan fingerprint density at radius 2 is 2.15 bits per heavy atom. The van der Waals surface area contributed by atoms with Gasteiger partial charge in [-0.2, -0.15) is 5.10 Å². The first-order valence-electron chi connectivity index (χ1n) is 8.14. The number of nitro groups is 1. The predicted molar refractivity (Wildman–Crippen MR) is 96.6 cm³/mol. The van der Waals surface area contributed by atoms with Crippen LogP contribution in [-0.4, -0.2) is 26.5 Å². The molecule has 2 aromatic heterocycles. The Morgan fingerprint density at radius 1 is 1.46 bits per heavy atom. The summed E-state index contributed by atoms with van der Waals surface area (Å²) in [6, 6.07) is 0. The molecule has 0 radical (unpaired) electrons.